The van der Waals surface area contributed by atoms with Crippen LogP contribution in [0.4, 0.5) is 0 Å². The summed E-state index contributed by atoms with van der Waals surface area (Å²) in [5, 5.41) is 30.8. The van der Waals surface area contributed by atoms with Gasteiger partial charge in [0.1, 0.15) is 0 Å². The molecule has 4 aromatic rings. The summed E-state index contributed by atoms with van der Waals surface area (Å²) in [6.07, 6.45) is 0.715. The Morgan fingerprint density at radius 3 is 2.30 bits per heavy atom. The second kappa shape index (κ2) is 8.97. The minimum atomic E-state index is -3.67. The Bertz CT molecular complexity index is 1270. The number of thiophene rings is 1. The molecule has 0 saturated heterocycles. The Hall–Kier alpha value is -2.07. The lowest BCUT2D eigenvalue weighted by Gasteiger charge is -2.27. The van der Waals surface area contributed by atoms with E-state index in [0.29, 0.717) is 12.8 Å². The van der Waals surface area contributed by atoms with Gasteiger partial charge < -0.3 is 15.5 Å². The van der Waals surface area contributed by atoms with Crippen molar-refractivity contribution in [2.45, 2.75) is 19.0 Å². The number of aliphatic hydroxyl groups is 2. The topological polar surface area (TPSA) is 107 Å². The van der Waals surface area contributed by atoms with E-state index >= 15 is 0 Å². The highest BCUT2D eigenvalue weighted by molar-refractivity contribution is 7.85. The summed E-state index contributed by atoms with van der Waals surface area (Å²) in [6, 6.07) is 17.2. The van der Waals surface area contributed by atoms with E-state index in [1.54, 1.807) is 11.3 Å². The van der Waals surface area contributed by atoms with E-state index in [-0.39, 0.29) is 13.2 Å². The molecule has 0 aliphatic carbocycles. The average molecular weight is 448 g/mol. The number of nitrogens with one attached hydrogen (secondary N) is 1. The summed E-state index contributed by atoms with van der Waals surface area (Å²) >= 11 is 1.74. The van der Waals surface area contributed by atoms with E-state index in [1.807, 2.05) is 6.92 Å². The first-order valence-corrected chi connectivity index (χ1v) is 12.1. The number of hydrogen-bond acceptors (Lipinski definition) is 6. The molecule has 0 radical (unpaired) electrons. The van der Waals surface area contributed by atoms with Gasteiger partial charge in [0.2, 0.25) is 0 Å². The first kappa shape index (κ1) is 22.6. The second-order valence-electron chi connectivity index (χ2n) is 7.53. The van der Waals surface area contributed by atoms with Crippen molar-refractivity contribution in [1.29, 1.82) is 0 Å². The predicted molar refractivity (Wildman–Crippen MR) is 124 cm³/mol. The van der Waals surface area contributed by atoms with Crippen molar-refractivity contribution >= 4 is 53.1 Å². The first-order chi connectivity index (χ1) is 14.1. The van der Waals surface area contributed by atoms with E-state index in [2.05, 4.69) is 59.2 Å². The van der Waals surface area contributed by atoms with Crippen LogP contribution in [0.1, 0.15) is 12.5 Å². The number of benzene rings is 3. The molecule has 8 heteroatoms. The van der Waals surface area contributed by atoms with Crippen LogP contribution in [-0.2, 0) is 16.7 Å². The molecule has 6 nitrogen and oxygen atoms in total. The van der Waals surface area contributed by atoms with Crippen molar-refractivity contribution in [1.82, 2.24) is 5.32 Å². The number of rotatable bonds is 5. The number of aliphatic hydroxyl groups excluding tert-OH is 2. The lowest BCUT2D eigenvalue weighted by Crippen LogP contribution is -2.48. The molecule has 0 unspecified atom stereocenters. The molecule has 0 spiro atoms. The highest BCUT2D eigenvalue weighted by atomic mass is 32.2. The summed E-state index contributed by atoms with van der Waals surface area (Å²) in [4.78, 5) is 0. The van der Waals surface area contributed by atoms with Gasteiger partial charge in [0.05, 0.1) is 25.0 Å². The zero-order valence-electron chi connectivity index (χ0n) is 16.8. The van der Waals surface area contributed by atoms with Gasteiger partial charge in [-0.2, -0.15) is 8.42 Å². The second-order valence-corrected chi connectivity index (χ2v) is 9.95. The van der Waals surface area contributed by atoms with Gasteiger partial charge >= 0.3 is 0 Å². The van der Waals surface area contributed by atoms with Gasteiger partial charge in [-0.25, -0.2) is 0 Å². The molecule has 3 aromatic carbocycles. The quantitative estimate of drug-likeness (QED) is 0.275. The molecule has 4 N–H and O–H groups in total. The van der Waals surface area contributed by atoms with Gasteiger partial charge in [0, 0.05) is 11.2 Å². The molecule has 0 fully saturated rings. The Balaban J connectivity index is 0.000000461. The van der Waals surface area contributed by atoms with Gasteiger partial charge in [0.15, 0.2) is 0 Å². The van der Waals surface area contributed by atoms with Crippen LogP contribution in [0.2, 0.25) is 0 Å². The third-order valence-corrected chi connectivity index (χ3v) is 5.85. The van der Waals surface area contributed by atoms with Gasteiger partial charge in [-0.15, -0.1) is 11.3 Å². The maximum absolute atomic E-state index is 9.57. The maximum atomic E-state index is 9.57. The van der Waals surface area contributed by atoms with Gasteiger partial charge in [-0.1, -0.05) is 36.4 Å². The van der Waals surface area contributed by atoms with Crippen LogP contribution in [0.3, 0.4) is 0 Å². The molecule has 0 aliphatic rings. The predicted octanol–water partition coefficient (Wildman–Crippen LogP) is 3.54. The summed E-state index contributed by atoms with van der Waals surface area (Å²) in [7, 11) is -3.67. The molecule has 30 heavy (non-hydrogen) atoms. The average Bonchev–Trinajstić information content (AvgIpc) is 3.18. The van der Waals surface area contributed by atoms with Crippen LogP contribution in [0.15, 0.2) is 53.9 Å². The highest BCUT2D eigenvalue weighted by Gasteiger charge is 2.22. The fraction of sp³-hybridized carbons (Fsp3) is 0.273. The van der Waals surface area contributed by atoms with Crippen molar-refractivity contribution in [2.75, 3.05) is 19.5 Å². The van der Waals surface area contributed by atoms with E-state index in [9.17, 15) is 18.6 Å². The largest absolute Gasteiger partial charge is 0.394 e. The standard InChI is InChI=1S/C21H21NO2S.CH4O3S/c1-21(12-23,13-24)22-11-19-16-7-6-14-4-2-3-5-15(14)18(16)10-20-17(19)8-9-25-20;1-5(2,3)4/h2-10,22-24H,11-13H2,1H3;1H3,(H,2,3,4). The van der Waals surface area contributed by atoms with E-state index in [1.165, 1.54) is 37.2 Å². The first-order valence-electron chi connectivity index (χ1n) is 9.35. The number of hydrogen-bond donors (Lipinski definition) is 4. The zero-order valence-corrected chi connectivity index (χ0v) is 18.4. The van der Waals surface area contributed by atoms with E-state index < -0.39 is 15.7 Å². The van der Waals surface area contributed by atoms with E-state index in [4.69, 9.17) is 4.55 Å². The monoisotopic (exact) mass is 447 g/mol. The molecular formula is C22H25NO5S2. The minimum absolute atomic E-state index is 0.107. The molecule has 4 rings (SSSR count). The molecule has 1 aromatic heterocycles. The summed E-state index contributed by atoms with van der Waals surface area (Å²) in [5.41, 5.74) is 0.522. The third kappa shape index (κ3) is 5.15. The Kier molecular flexibility index (Phi) is 6.76. The third-order valence-electron chi connectivity index (χ3n) is 4.98. The fourth-order valence-electron chi connectivity index (χ4n) is 3.33. The van der Waals surface area contributed by atoms with Crippen molar-refractivity contribution in [3.05, 3.63) is 59.5 Å². The van der Waals surface area contributed by atoms with Crippen LogP contribution in [0.25, 0.3) is 31.6 Å². The Morgan fingerprint density at radius 1 is 0.967 bits per heavy atom. The molecule has 0 aliphatic heterocycles. The summed E-state index contributed by atoms with van der Waals surface area (Å²) in [6.45, 7) is 2.22. The molecular weight excluding hydrogens is 422 g/mol. The van der Waals surface area contributed by atoms with Crippen LogP contribution in [-0.4, -0.2) is 48.2 Å². The fourth-order valence-corrected chi connectivity index (χ4v) is 4.18. The molecule has 0 saturated carbocycles. The smallest absolute Gasteiger partial charge is 0.261 e. The zero-order chi connectivity index (χ0) is 21.9. The lowest BCUT2D eigenvalue weighted by molar-refractivity contribution is 0.103. The van der Waals surface area contributed by atoms with Gasteiger partial charge in [-0.05, 0) is 56.9 Å². The highest BCUT2D eigenvalue weighted by Crippen LogP contribution is 2.35. The van der Waals surface area contributed by atoms with Crippen molar-refractivity contribution < 1.29 is 23.2 Å². The van der Waals surface area contributed by atoms with Gasteiger partial charge in [0.25, 0.3) is 10.1 Å². The van der Waals surface area contributed by atoms with E-state index in [0.717, 1.165) is 0 Å². The molecule has 0 bridgehead atoms. The van der Waals surface area contributed by atoms with Crippen LogP contribution >= 0.6 is 11.3 Å². The summed E-state index contributed by atoms with van der Waals surface area (Å²) in [5.74, 6) is 0. The molecule has 1 heterocycles. The van der Waals surface area contributed by atoms with Gasteiger partial charge in [-0.3, -0.25) is 4.55 Å². The van der Waals surface area contributed by atoms with Crippen molar-refractivity contribution in [3.8, 4) is 0 Å². The van der Waals surface area contributed by atoms with Crippen molar-refractivity contribution in [2.24, 2.45) is 0 Å². The minimum Gasteiger partial charge on any atom is -0.394 e. The maximum Gasteiger partial charge on any atom is 0.261 e. The number of fused-ring (bicyclic) bond motifs is 4. The molecule has 0 atom stereocenters. The molecule has 0 amide bonds. The van der Waals surface area contributed by atoms with Crippen LogP contribution < -0.4 is 5.32 Å². The SMILES string of the molecule is CC(CO)(CO)NCc1c2ccsc2cc2c1ccc1ccccc12.CS(=O)(=O)O. The van der Waals surface area contributed by atoms with Crippen molar-refractivity contribution in [3.63, 3.8) is 0 Å². The lowest BCUT2D eigenvalue weighted by atomic mass is 9.95. The van der Waals surface area contributed by atoms with Crippen LogP contribution in [0, 0.1) is 0 Å². The molecule has 160 valence electrons. The normalized spacial score (nSPS) is 12.3. The Morgan fingerprint density at radius 2 is 1.63 bits per heavy atom. The van der Waals surface area contributed by atoms with Crippen LogP contribution in [0.5, 0.6) is 0 Å². The Labute approximate surface area is 179 Å². The summed E-state index contributed by atoms with van der Waals surface area (Å²) < 4.78 is 27.1.